The summed E-state index contributed by atoms with van der Waals surface area (Å²) in [6.07, 6.45) is 2.84. The molecule has 2 aromatic heterocycles. The Kier molecular flexibility index (Phi) is 7.26. The SMILES string of the molecule is CC1CC(C)CN(c2nnc(SCC(=O)Nc3ccc(C#N)c(Cl)c3)n2Cc2ccco2)C1. The molecule has 1 saturated heterocycles. The number of thioether (sulfide) groups is 1. The zero-order valence-electron chi connectivity index (χ0n) is 18.5. The highest BCUT2D eigenvalue weighted by atomic mass is 35.5. The molecule has 0 aliphatic carbocycles. The normalized spacial score (nSPS) is 18.2. The second kappa shape index (κ2) is 10.3. The van der Waals surface area contributed by atoms with Crippen LogP contribution in [0, 0.1) is 23.2 Å². The van der Waals surface area contributed by atoms with E-state index in [0.717, 1.165) is 24.8 Å². The van der Waals surface area contributed by atoms with E-state index in [9.17, 15) is 4.79 Å². The third kappa shape index (κ3) is 5.70. The van der Waals surface area contributed by atoms with E-state index in [1.54, 1.807) is 24.5 Å². The minimum absolute atomic E-state index is 0.153. The second-order valence-electron chi connectivity index (χ2n) is 8.44. The van der Waals surface area contributed by atoms with E-state index in [4.69, 9.17) is 21.3 Å². The van der Waals surface area contributed by atoms with Gasteiger partial charge in [0.1, 0.15) is 11.8 Å². The van der Waals surface area contributed by atoms with Crippen molar-refractivity contribution < 1.29 is 9.21 Å². The summed E-state index contributed by atoms with van der Waals surface area (Å²) < 4.78 is 7.58. The monoisotopic (exact) mass is 484 g/mol. The van der Waals surface area contributed by atoms with Crippen molar-refractivity contribution >= 4 is 40.9 Å². The first-order chi connectivity index (χ1) is 15.9. The van der Waals surface area contributed by atoms with Crippen molar-refractivity contribution in [2.24, 2.45) is 11.8 Å². The summed E-state index contributed by atoms with van der Waals surface area (Å²) in [7, 11) is 0. The zero-order chi connectivity index (χ0) is 23.4. The van der Waals surface area contributed by atoms with Crippen molar-refractivity contribution in [1.29, 1.82) is 5.26 Å². The second-order valence-corrected chi connectivity index (χ2v) is 9.79. The number of carbonyl (C=O) groups is 1. The maximum atomic E-state index is 12.5. The average Bonchev–Trinajstić information content (AvgIpc) is 3.42. The van der Waals surface area contributed by atoms with Crippen molar-refractivity contribution in [2.45, 2.75) is 32.0 Å². The van der Waals surface area contributed by atoms with Crippen LogP contribution >= 0.6 is 23.4 Å². The Hall–Kier alpha value is -2.96. The molecule has 0 radical (unpaired) electrons. The van der Waals surface area contributed by atoms with E-state index in [1.807, 2.05) is 22.8 Å². The molecule has 2 atom stereocenters. The highest BCUT2D eigenvalue weighted by molar-refractivity contribution is 7.99. The molecule has 172 valence electrons. The van der Waals surface area contributed by atoms with Crippen molar-refractivity contribution in [2.75, 3.05) is 29.1 Å². The van der Waals surface area contributed by atoms with Crippen molar-refractivity contribution in [3.05, 3.63) is 52.9 Å². The van der Waals surface area contributed by atoms with Gasteiger partial charge in [-0.25, -0.2) is 0 Å². The van der Waals surface area contributed by atoms with Gasteiger partial charge in [0.2, 0.25) is 11.9 Å². The molecule has 1 N–H and O–H groups in total. The Balaban J connectivity index is 1.48. The van der Waals surface area contributed by atoms with Crippen LogP contribution in [0.4, 0.5) is 11.6 Å². The molecular weight excluding hydrogens is 460 g/mol. The van der Waals surface area contributed by atoms with Crippen LogP contribution in [-0.4, -0.2) is 39.5 Å². The lowest BCUT2D eigenvalue weighted by molar-refractivity contribution is -0.113. The maximum absolute atomic E-state index is 12.5. The van der Waals surface area contributed by atoms with E-state index in [0.29, 0.717) is 39.8 Å². The van der Waals surface area contributed by atoms with E-state index < -0.39 is 0 Å². The van der Waals surface area contributed by atoms with Crippen LogP contribution in [0.2, 0.25) is 5.02 Å². The van der Waals surface area contributed by atoms with Crippen LogP contribution < -0.4 is 10.2 Å². The molecule has 10 heteroatoms. The number of aromatic nitrogens is 3. The van der Waals surface area contributed by atoms with Gasteiger partial charge in [0, 0.05) is 18.8 Å². The number of nitrogens with zero attached hydrogens (tertiary/aromatic N) is 5. The molecule has 1 aliphatic heterocycles. The molecule has 0 bridgehead atoms. The summed E-state index contributed by atoms with van der Waals surface area (Å²) in [5, 5.41) is 21.6. The highest BCUT2D eigenvalue weighted by Gasteiger charge is 2.27. The summed E-state index contributed by atoms with van der Waals surface area (Å²) in [6.45, 7) is 6.84. The van der Waals surface area contributed by atoms with Gasteiger partial charge in [-0.3, -0.25) is 9.36 Å². The predicted octanol–water partition coefficient (Wildman–Crippen LogP) is 4.66. The predicted molar refractivity (Wildman–Crippen MR) is 129 cm³/mol. The van der Waals surface area contributed by atoms with Crippen LogP contribution in [0.3, 0.4) is 0 Å². The molecule has 8 nitrogen and oxygen atoms in total. The largest absolute Gasteiger partial charge is 0.467 e. The van der Waals surface area contributed by atoms with Crippen LogP contribution in [0.25, 0.3) is 0 Å². The van der Waals surface area contributed by atoms with Gasteiger partial charge in [-0.15, -0.1) is 10.2 Å². The fourth-order valence-corrected chi connectivity index (χ4v) is 5.11. The van der Waals surface area contributed by atoms with Crippen LogP contribution in [0.1, 0.15) is 31.6 Å². The lowest BCUT2D eigenvalue weighted by Crippen LogP contribution is -2.40. The first-order valence-corrected chi connectivity index (χ1v) is 12.1. The van der Waals surface area contributed by atoms with Crippen molar-refractivity contribution in [3.63, 3.8) is 0 Å². The Morgan fingerprint density at radius 1 is 1.30 bits per heavy atom. The first-order valence-electron chi connectivity index (χ1n) is 10.8. The molecule has 1 fully saturated rings. The van der Waals surface area contributed by atoms with Gasteiger partial charge in [0.25, 0.3) is 0 Å². The molecule has 1 amide bonds. The maximum Gasteiger partial charge on any atom is 0.234 e. The molecule has 33 heavy (non-hydrogen) atoms. The van der Waals surface area contributed by atoms with Gasteiger partial charge in [-0.2, -0.15) is 5.26 Å². The number of halogens is 1. The molecule has 3 aromatic rings. The Morgan fingerprint density at radius 2 is 2.09 bits per heavy atom. The average molecular weight is 485 g/mol. The number of anilines is 2. The van der Waals surface area contributed by atoms with Crippen molar-refractivity contribution in [1.82, 2.24) is 14.8 Å². The number of hydrogen-bond acceptors (Lipinski definition) is 7. The van der Waals surface area contributed by atoms with Gasteiger partial charge in [-0.1, -0.05) is 37.2 Å². The van der Waals surface area contributed by atoms with Crippen LogP contribution in [0.15, 0.2) is 46.2 Å². The third-order valence-corrected chi connectivity index (χ3v) is 6.73. The molecule has 0 saturated carbocycles. The van der Waals surface area contributed by atoms with Crippen molar-refractivity contribution in [3.8, 4) is 6.07 Å². The summed E-state index contributed by atoms with van der Waals surface area (Å²) >= 11 is 7.38. The minimum atomic E-state index is -0.199. The topological polar surface area (TPSA) is 100.0 Å². The number of benzene rings is 1. The van der Waals surface area contributed by atoms with Gasteiger partial charge in [0.15, 0.2) is 5.16 Å². The minimum Gasteiger partial charge on any atom is -0.467 e. The van der Waals surface area contributed by atoms with Gasteiger partial charge in [-0.05, 0) is 48.6 Å². The van der Waals surface area contributed by atoms with E-state index in [-0.39, 0.29) is 11.7 Å². The van der Waals surface area contributed by atoms with Gasteiger partial charge in [0.05, 0.1) is 29.1 Å². The Labute approximate surface area is 201 Å². The molecule has 0 spiro atoms. The number of nitriles is 1. The van der Waals surface area contributed by atoms with E-state index >= 15 is 0 Å². The Bertz CT molecular complexity index is 1150. The summed E-state index contributed by atoms with van der Waals surface area (Å²) in [6, 6.07) is 10.6. The lowest BCUT2D eigenvalue weighted by atomic mass is 9.92. The summed E-state index contributed by atoms with van der Waals surface area (Å²) in [4.78, 5) is 14.8. The molecule has 3 heterocycles. The molecule has 1 aliphatic rings. The summed E-state index contributed by atoms with van der Waals surface area (Å²) in [5.41, 5.74) is 0.905. The number of carbonyl (C=O) groups excluding carboxylic acids is 1. The smallest absolute Gasteiger partial charge is 0.234 e. The zero-order valence-corrected chi connectivity index (χ0v) is 20.1. The van der Waals surface area contributed by atoms with Gasteiger partial charge < -0.3 is 14.6 Å². The van der Waals surface area contributed by atoms with E-state index in [1.165, 1.54) is 18.2 Å². The standard InChI is InChI=1S/C23H25ClN6O2S/c1-15-8-16(2)12-29(11-15)22-27-28-23(30(22)13-19-4-3-7-32-19)33-14-21(31)26-18-6-5-17(10-25)20(24)9-18/h3-7,9,15-16H,8,11-14H2,1-2H3,(H,26,31). The van der Waals surface area contributed by atoms with E-state index in [2.05, 4.69) is 34.3 Å². The lowest BCUT2D eigenvalue weighted by Gasteiger charge is -2.35. The number of furan rings is 1. The highest BCUT2D eigenvalue weighted by Crippen LogP contribution is 2.29. The van der Waals surface area contributed by atoms with Crippen LogP contribution in [0.5, 0.6) is 0 Å². The molecule has 4 rings (SSSR count). The molecule has 2 unspecified atom stereocenters. The number of piperidine rings is 1. The molecule has 1 aromatic carbocycles. The first kappa shape index (κ1) is 23.2. The number of rotatable bonds is 7. The van der Waals surface area contributed by atoms with Crippen LogP contribution in [-0.2, 0) is 11.3 Å². The Morgan fingerprint density at radius 3 is 2.76 bits per heavy atom. The number of amides is 1. The summed E-state index contributed by atoms with van der Waals surface area (Å²) in [5.74, 6) is 2.70. The number of nitrogens with one attached hydrogen (secondary N) is 1. The quantitative estimate of drug-likeness (QED) is 0.487. The fraction of sp³-hybridized carbons (Fsp3) is 0.391. The fourth-order valence-electron chi connectivity index (χ4n) is 4.16. The van der Waals surface area contributed by atoms with Gasteiger partial charge >= 0.3 is 0 Å². The number of hydrogen-bond donors (Lipinski definition) is 1. The molecular formula is C23H25ClN6O2S. The third-order valence-electron chi connectivity index (χ3n) is 5.45.